The van der Waals surface area contributed by atoms with Gasteiger partial charge in [0.25, 0.3) is 5.91 Å². The second kappa shape index (κ2) is 2.89. The molecule has 1 amide bonds. The Bertz CT molecular complexity index is 201. The molecule has 1 aliphatic heterocycles. The number of rotatable bonds is 1. The van der Waals surface area contributed by atoms with Crippen molar-refractivity contribution in [1.82, 2.24) is 0 Å². The van der Waals surface area contributed by atoms with E-state index in [0.717, 1.165) is 6.08 Å². The summed E-state index contributed by atoms with van der Waals surface area (Å²) in [6, 6.07) is 0. The molecule has 0 saturated carbocycles. The molecule has 1 rings (SSSR count). The summed E-state index contributed by atoms with van der Waals surface area (Å²) in [6.45, 7) is -0.101. The molecule has 0 aliphatic carbocycles. The highest BCUT2D eigenvalue weighted by atomic mass is 16.5. The molecule has 5 nitrogen and oxygen atoms in total. The highest BCUT2D eigenvalue weighted by Gasteiger charge is 2.23. The number of nitrogens with two attached hydrogens (primary N) is 1. The number of aliphatic hydroxyl groups excluding tert-OH is 2. The van der Waals surface area contributed by atoms with Crippen LogP contribution < -0.4 is 5.73 Å². The third-order valence-corrected chi connectivity index (χ3v) is 1.37. The first-order chi connectivity index (χ1) is 5.11. The fraction of sp³-hybridized carbons (Fsp3) is 0.500. The summed E-state index contributed by atoms with van der Waals surface area (Å²) in [5, 5.41) is 17.9. The number of hydrogen-bond acceptors (Lipinski definition) is 4. The van der Waals surface area contributed by atoms with Gasteiger partial charge in [0, 0.05) is 0 Å². The molecule has 0 aromatic rings. The molecule has 0 spiro atoms. The molecule has 0 aromatic carbocycles. The largest absolute Gasteiger partial charge is 0.485 e. The Hall–Kier alpha value is -1.07. The lowest BCUT2D eigenvalue weighted by atomic mass is 10.1. The van der Waals surface area contributed by atoms with E-state index in [1.54, 1.807) is 0 Å². The molecule has 0 fully saturated rings. The minimum absolute atomic E-state index is 0.0946. The first kappa shape index (κ1) is 8.03. The Kier molecular flexibility index (Phi) is 2.11. The third-order valence-electron chi connectivity index (χ3n) is 1.37. The van der Waals surface area contributed by atoms with Gasteiger partial charge in [-0.3, -0.25) is 4.79 Å². The maximum atomic E-state index is 10.4. The van der Waals surface area contributed by atoms with Gasteiger partial charge in [-0.1, -0.05) is 0 Å². The van der Waals surface area contributed by atoms with Crippen LogP contribution in [0.4, 0.5) is 0 Å². The van der Waals surface area contributed by atoms with Crippen molar-refractivity contribution in [2.75, 3.05) is 6.61 Å². The molecule has 1 heterocycles. The van der Waals surface area contributed by atoms with Gasteiger partial charge in [-0.05, 0) is 6.08 Å². The van der Waals surface area contributed by atoms with E-state index in [9.17, 15) is 4.79 Å². The van der Waals surface area contributed by atoms with E-state index in [2.05, 4.69) is 0 Å². The molecular formula is C6H9NO4. The minimum atomic E-state index is -1.06. The van der Waals surface area contributed by atoms with Gasteiger partial charge in [0.15, 0.2) is 5.76 Å². The van der Waals surface area contributed by atoms with Gasteiger partial charge in [-0.25, -0.2) is 0 Å². The Labute approximate surface area is 63.1 Å². The molecule has 2 unspecified atom stereocenters. The normalized spacial score (nSPS) is 30.5. The molecule has 1 aliphatic rings. The number of amides is 1. The quantitative estimate of drug-likeness (QED) is 0.417. The minimum Gasteiger partial charge on any atom is -0.485 e. The topological polar surface area (TPSA) is 92.8 Å². The molecule has 0 saturated heterocycles. The number of hydrogen-bond donors (Lipinski definition) is 3. The number of ether oxygens (including phenoxy) is 1. The maximum Gasteiger partial charge on any atom is 0.283 e. The first-order valence-corrected chi connectivity index (χ1v) is 3.12. The van der Waals surface area contributed by atoms with Gasteiger partial charge in [0.1, 0.15) is 18.8 Å². The van der Waals surface area contributed by atoms with Crippen molar-refractivity contribution >= 4 is 5.91 Å². The average Bonchev–Trinajstić information content (AvgIpc) is 1.94. The summed E-state index contributed by atoms with van der Waals surface area (Å²) in [5.41, 5.74) is 4.85. The Balaban J connectivity index is 2.71. The van der Waals surface area contributed by atoms with Crippen molar-refractivity contribution < 1.29 is 19.7 Å². The van der Waals surface area contributed by atoms with Crippen LogP contribution in [0.1, 0.15) is 0 Å². The van der Waals surface area contributed by atoms with Crippen LogP contribution in [0, 0.1) is 0 Å². The van der Waals surface area contributed by atoms with Crippen molar-refractivity contribution in [3.8, 4) is 0 Å². The summed E-state index contributed by atoms with van der Waals surface area (Å²) in [4.78, 5) is 10.4. The molecule has 0 bridgehead atoms. The van der Waals surface area contributed by atoms with Crippen LogP contribution in [0.5, 0.6) is 0 Å². The number of primary amides is 1. The zero-order chi connectivity index (χ0) is 8.43. The molecule has 5 heteroatoms. The second-order valence-corrected chi connectivity index (χ2v) is 2.26. The Morgan fingerprint density at radius 3 is 2.82 bits per heavy atom. The van der Waals surface area contributed by atoms with Crippen molar-refractivity contribution in [3.05, 3.63) is 11.8 Å². The fourth-order valence-electron chi connectivity index (χ4n) is 0.741. The lowest BCUT2D eigenvalue weighted by Crippen LogP contribution is -2.35. The van der Waals surface area contributed by atoms with Gasteiger partial charge in [-0.15, -0.1) is 0 Å². The average molecular weight is 159 g/mol. The van der Waals surface area contributed by atoms with E-state index in [4.69, 9.17) is 20.7 Å². The highest BCUT2D eigenvalue weighted by Crippen LogP contribution is 2.10. The van der Waals surface area contributed by atoms with Crippen molar-refractivity contribution in [2.24, 2.45) is 5.73 Å². The van der Waals surface area contributed by atoms with Gasteiger partial charge in [-0.2, -0.15) is 0 Å². The predicted octanol–water partition coefficient (Wildman–Crippen LogP) is -1.89. The van der Waals surface area contributed by atoms with Gasteiger partial charge in [0.05, 0.1) is 0 Å². The molecule has 2 atom stereocenters. The molecular weight excluding hydrogens is 150 g/mol. The van der Waals surface area contributed by atoms with E-state index in [0.29, 0.717) is 0 Å². The zero-order valence-corrected chi connectivity index (χ0v) is 5.73. The SMILES string of the molecule is NC(=O)C1=CC(O)C(O)CO1. The van der Waals surface area contributed by atoms with E-state index >= 15 is 0 Å². The smallest absolute Gasteiger partial charge is 0.283 e. The maximum absolute atomic E-state index is 10.4. The van der Waals surface area contributed by atoms with Crippen LogP contribution in [0.2, 0.25) is 0 Å². The summed E-state index contributed by atoms with van der Waals surface area (Å²) in [7, 11) is 0. The second-order valence-electron chi connectivity index (χ2n) is 2.26. The molecule has 4 N–H and O–H groups in total. The number of carbonyl (C=O) groups excluding carboxylic acids is 1. The fourth-order valence-corrected chi connectivity index (χ4v) is 0.741. The molecule has 0 radical (unpaired) electrons. The van der Waals surface area contributed by atoms with Crippen molar-refractivity contribution in [1.29, 1.82) is 0 Å². The van der Waals surface area contributed by atoms with E-state index in [1.807, 2.05) is 0 Å². The molecule has 11 heavy (non-hydrogen) atoms. The van der Waals surface area contributed by atoms with Crippen molar-refractivity contribution in [3.63, 3.8) is 0 Å². The number of carbonyl (C=O) groups is 1. The number of aliphatic hydroxyl groups is 2. The standard InChI is InChI=1S/C6H9NO4/c7-6(10)5-1-3(8)4(9)2-11-5/h1,3-4,8-9H,2H2,(H2,7,10). The molecule has 0 aromatic heterocycles. The van der Waals surface area contributed by atoms with Gasteiger partial charge < -0.3 is 20.7 Å². The first-order valence-electron chi connectivity index (χ1n) is 3.12. The predicted molar refractivity (Wildman–Crippen MR) is 35.2 cm³/mol. The van der Waals surface area contributed by atoms with E-state index in [1.165, 1.54) is 0 Å². The Morgan fingerprint density at radius 2 is 2.36 bits per heavy atom. The van der Waals surface area contributed by atoms with Crippen LogP contribution in [-0.4, -0.2) is 34.9 Å². The van der Waals surface area contributed by atoms with Crippen LogP contribution in [-0.2, 0) is 9.53 Å². The summed E-state index contributed by atoms with van der Waals surface area (Å²) in [5.74, 6) is -0.834. The zero-order valence-electron chi connectivity index (χ0n) is 5.73. The summed E-state index contributed by atoms with van der Waals surface area (Å²) < 4.78 is 4.70. The highest BCUT2D eigenvalue weighted by molar-refractivity contribution is 5.90. The Morgan fingerprint density at radius 1 is 1.73 bits per heavy atom. The van der Waals surface area contributed by atoms with Gasteiger partial charge in [0.2, 0.25) is 0 Å². The van der Waals surface area contributed by atoms with Crippen LogP contribution >= 0.6 is 0 Å². The summed E-state index contributed by atoms with van der Waals surface area (Å²) >= 11 is 0. The van der Waals surface area contributed by atoms with E-state index in [-0.39, 0.29) is 12.4 Å². The monoisotopic (exact) mass is 159 g/mol. The lowest BCUT2D eigenvalue weighted by molar-refractivity contribution is -0.120. The van der Waals surface area contributed by atoms with E-state index < -0.39 is 18.1 Å². The van der Waals surface area contributed by atoms with Gasteiger partial charge >= 0.3 is 0 Å². The van der Waals surface area contributed by atoms with Crippen molar-refractivity contribution in [2.45, 2.75) is 12.2 Å². The van der Waals surface area contributed by atoms with Crippen LogP contribution in [0.15, 0.2) is 11.8 Å². The summed E-state index contributed by atoms with van der Waals surface area (Å²) in [6.07, 6.45) is -0.944. The van der Waals surface area contributed by atoms with Crippen LogP contribution in [0.25, 0.3) is 0 Å². The van der Waals surface area contributed by atoms with Crippen LogP contribution in [0.3, 0.4) is 0 Å². The molecule has 62 valence electrons. The third kappa shape index (κ3) is 1.69. The lowest BCUT2D eigenvalue weighted by Gasteiger charge is -2.21.